The summed E-state index contributed by atoms with van der Waals surface area (Å²) in [6.45, 7) is 1.45. The molecule has 24 heavy (non-hydrogen) atoms. The molecule has 1 fully saturated rings. The van der Waals surface area contributed by atoms with Crippen molar-refractivity contribution in [1.82, 2.24) is 9.88 Å². The standard InChI is InChI=1S/C19H19N3OS/c20-13-7-9-22(10-8-13)19(23)15-12-17(18-6-3-11-24-18)21-16-5-2-1-4-14(15)16/h1-6,11-13H,7-10,20H2. The topological polar surface area (TPSA) is 59.2 Å². The van der Waals surface area contributed by atoms with Gasteiger partial charge in [0.15, 0.2) is 0 Å². The number of fused-ring (bicyclic) bond motifs is 1. The van der Waals surface area contributed by atoms with E-state index in [4.69, 9.17) is 10.7 Å². The van der Waals surface area contributed by atoms with Crippen molar-refractivity contribution in [3.8, 4) is 10.6 Å². The lowest BCUT2D eigenvalue weighted by atomic mass is 10.0. The zero-order valence-corrected chi connectivity index (χ0v) is 14.1. The molecule has 0 saturated carbocycles. The van der Waals surface area contributed by atoms with E-state index in [1.54, 1.807) is 11.3 Å². The first-order valence-corrected chi connectivity index (χ1v) is 9.09. The fourth-order valence-electron chi connectivity index (χ4n) is 3.18. The number of pyridine rings is 1. The molecule has 5 heteroatoms. The molecule has 0 unspecified atom stereocenters. The van der Waals surface area contributed by atoms with E-state index >= 15 is 0 Å². The maximum atomic E-state index is 13.1. The number of piperidine rings is 1. The molecule has 1 aliphatic rings. The van der Waals surface area contributed by atoms with Crippen molar-refractivity contribution in [2.75, 3.05) is 13.1 Å². The average molecular weight is 337 g/mol. The molecule has 1 saturated heterocycles. The van der Waals surface area contributed by atoms with E-state index < -0.39 is 0 Å². The predicted molar refractivity (Wildman–Crippen MR) is 98.2 cm³/mol. The van der Waals surface area contributed by atoms with E-state index in [1.807, 2.05) is 52.7 Å². The Bertz CT molecular complexity index is 867. The minimum Gasteiger partial charge on any atom is -0.339 e. The van der Waals surface area contributed by atoms with Crippen LogP contribution in [0, 0.1) is 0 Å². The third kappa shape index (κ3) is 2.81. The SMILES string of the molecule is NC1CCN(C(=O)c2cc(-c3cccs3)nc3ccccc23)CC1. The normalized spacial score (nSPS) is 15.8. The molecule has 4 nitrogen and oxygen atoms in total. The van der Waals surface area contributed by atoms with E-state index in [-0.39, 0.29) is 11.9 Å². The van der Waals surface area contributed by atoms with Gasteiger partial charge < -0.3 is 10.6 Å². The number of aromatic nitrogens is 1. The first kappa shape index (κ1) is 15.3. The van der Waals surface area contributed by atoms with Gasteiger partial charge in [0, 0.05) is 24.5 Å². The number of carbonyl (C=O) groups is 1. The molecule has 122 valence electrons. The third-order valence-electron chi connectivity index (χ3n) is 4.55. The summed E-state index contributed by atoms with van der Waals surface area (Å²) in [7, 11) is 0. The van der Waals surface area contributed by atoms with Crippen molar-refractivity contribution in [3.63, 3.8) is 0 Å². The zero-order chi connectivity index (χ0) is 16.5. The van der Waals surface area contributed by atoms with Crippen LogP contribution >= 0.6 is 11.3 Å². The Morgan fingerprint density at radius 1 is 1.17 bits per heavy atom. The largest absolute Gasteiger partial charge is 0.339 e. The molecule has 4 rings (SSSR count). The predicted octanol–water partition coefficient (Wildman–Crippen LogP) is 3.53. The van der Waals surface area contributed by atoms with Gasteiger partial charge in [0.1, 0.15) is 0 Å². The number of nitrogens with zero attached hydrogens (tertiary/aromatic N) is 2. The first-order valence-electron chi connectivity index (χ1n) is 8.21. The highest BCUT2D eigenvalue weighted by Crippen LogP contribution is 2.29. The van der Waals surface area contributed by atoms with Crippen molar-refractivity contribution in [3.05, 3.63) is 53.4 Å². The number of hydrogen-bond acceptors (Lipinski definition) is 4. The maximum absolute atomic E-state index is 13.1. The number of amides is 1. The summed E-state index contributed by atoms with van der Waals surface area (Å²) in [5, 5.41) is 2.94. The smallest absolute Gasteiger partial charge is 0.254 e. The van der Waals surface area contributed by atoms with E-state index in [0.29, 0.717) is 0 Å². The molecule has 2 N–H and O–H groups in total. The summed E-state index contributed by atoms with van der Waals surface area (Å²) in [4.78, 5) is 20.8. The van der Waals surface area contributed by atoms with Gasteiger partial charge in [0.2, 0.25) is 0 Å². The summed E-state index contributed by atoms with van der Waals surface area (Å²) in [5.41, 5.74) is 8.43. The van der Waals surface area contributed by atoms with Crippen LogP contribution in [0.5, 0.6) is 0 Å². The number of carbonyl (C=O) groups excluding carboxylic acids is 1. The van der Waals surface area contributed by atoms with Gasteiger partial charge in [-0.05, 0) is 36.4 Å². The number of rotatable bonds is 2. The number of hydrogen-bond donors (Lipinski definition) is 1. The highest BCUT2D eigenvalue weighted by atomic mass is 32.1. The van der Waals surface area contributed by atoms with Crippen LogP contribution < -0.4 is 5.73 Å². The van der Waals surface area contributed by atoms with E-state index in [1.165, 1.54) is 0 Å². The van der Waals surface area contributed by atoms with Crippen LogP contribution in [0.3, 0.4) is 0 Å². The monoisotopic (exact) mass is 337 g/mol. The molecule has 1 aromatic carbocycles. The molecule has 0 radical (unpaired) electrons. The van der Waals surface area contributed by atoms with E-state index in [9.17, 15) is 4.79 Å². The number of thiophene rings is 1. The van der Waals surface area contributed by atoms with Gasteiger partial charge in [-0.25, -0.2) is 4.98 Å². The van der Waals surface area contributed by atoms with Crippen LogP contribution in [0.2, 0.25) is 0 Å². The number of para-hydroxylation sites is 1. The number of benzene rings is 1. The molecule has 0 bridgehead atoms. The van der Waals surface area contributed by atoms with Crippen molar-refractivity contribution < 1.29 is 4.79 Å². The van der Waals surface area contributed by atoms with Crippen molar-refractivity contribution in [1.29, 1.82) is 0 Å². The molecule has 3 heterocycles. The van der Waals surface area contributed by atoms with Gasteiger partial charge in [-0.2, -0.15) is 0 Å². The van der Waals surface area contributed by atoms with Gasteiger partial charge in [0.05, 0.1) is 21.7 Å². The molecule has 0 spiro atoms. The molecule has 1 aliphatic heterocycles. The lowest BCUT2D eigenvalue weighted by Gasteiger charge is -2.30. The summed E-state index contributed by atoms with van der Waals surface area (Å²) in [6, 6.07) is 14.0. The fraction of sp³-hybridized carbons (Fsp3) is 0.263. The highest BCUT2D eigenvalue weighted by molar-refractivity contribution is 7.13. The van der Waals surface area contributed by atoms with E-state index in [0.717, 1.165) is 53.0 Å². The summed E-state index contributed by atoms with van der Waals surface area (Å²) in [5.74, 6) is 0.0818. The molecular formula is C19H19N3OS. The number of nitrogens with two attached hydrogens (primary N) is 1. The van der Waals surface area contributed by atoms with Gasteiger partial charge in [-0.3, -0.25) is 4.79 Å². The Labute approximate surface area is 144 Å². The van der Waals surface area contributed by atoms with Crippen LogP contribution in [0.25, 0.3) is 21.5 Å². The fourth-order valence-corrected chi connectivity index (χ4v) is 3.86. The zero-order valence-electron chi connectivity index (χ0n) is 13.3. The Morgan fingerprint density at radius 3 is 2.71 bits per heavy atom. The molecular weight excluding hydrogens is 318 g/mol. The van der Waals surface area contributed by atoms with Crippen molar-refractivity contribution >= 4 is 28.1 Å². The quantitative estimate of drug-likeness (QED) is 0.778. The van der Waals surface area contributed by atoms with Gasteiger partial charge in [-0.1, -0.05) is 24.3 Å². The van der Waals surface area contributed by atoms with Crippen molar-refractivity contribution in [2.24, 2.45) is 5.73 Å². The van der Waals surface area contributed by atoms with Crippen LogP contribution in [0.1, 0.15) is 23.2 Å². The molecule has 0 aliphatic carbocycles. The molecule has 1 amide bonds. The van der Waals surface area contributed by atoms with Gasteiger partial charge in [-0.15, -0.1) is 11.3 Å². The minimum absolute atomic E-state index is 0.0818. The lowest BCUT2D eigenvalue weighted by molar-refractivity contribution is 0.0716. The Morgan fingerprint density at radius 2 is 1.96 bits per heavy atom. The Hall–Kier alpha value is -2.24. The van der Waals surface area contributed by atoms with Crippen LogP contribution in [-0.4, -0.2) is 34.9 Å². The molecule has 0 atom stereocenters. The third-order valence-corrected chi connectivity index (χ3v) is 5.44. The van der Waals surface area contributed by atoms with Gasteiger partial charge in [0.25, 0.3) is 5.91 Å². The van der Waals surface area contributed by atoms with Gasteiger partial charge >= 0.3 is 0 Å². The van der Waals surface area contributed by atoms with Crippen LogP contribution in [0.4, 0.5) is 0 Å². The highest BCUT2D eigenvalue weighted by Gasteiger charge is 2.24. The molecule has 2 aromatic heterocycles. The summed E-state index contributed by atoms with van der Waals surface area (Å²) < 4.78 is 0. The molecule has 3 aromatic rings. The summed E-state index contributed by atoms with van der Waals surface area (Å²) in [6.07, 6.45) is 1.74. The van der Waals surface area contributed by atoms with Crippen LogP contribution in [0.15, 0.2) is 47.8 Å². The average Bonchev–Trinajstić information content (AvgIpc) is 3.15. The minimum atomic E-state index is 0.0818. The first-order chi connectivity index (χ1) is 11.7. The Kier molecular flexibility index (Phi) is 4.04. The summed E-state index contributed by atoms with van der Waals surface area (Å²) >= 11 is 1.64. The second-order valence-corrected chi connectivity index (χ2v) is 7.13. The number of likely N-dealkylation sites (tertiary alicyclic amines) is 1. The maximum Gasteiger partial charge on any atom is 0.254 e. The Balaban J connectivity index is 1.79. The van der Waals surface area contributed by atoms with Crippen LogP contribution in [-0.2, 0) is 0 Å². The second-order valence-electron chi connectivity index (χ2n) is 6.18. The second kappa shape index (κ2) is 6.34. The lowest BCUT2D eigenvalue weighted by Crippen LogP contribution is -2.42. The van der Waals surface area contributed by atoms with Crippen molar-refractivity contribution in [2.45, 2.75) is 18.9 Å². The van der Waals surface area contributed by atoms with E-state index in [2.05, 4.69) is 0 Å².